The van der Waals surface area contributed by atoms with Crippen molar-refractivity contribution >= 4 is 21.8 Å². The Morgan fingerprint density at radius 2 is 1.72 bits per heavy atom. The first-order valence-electron chi connectivity index (χ1n) is 8.84. The molecule has 0 atom stereocenters. The Labute approximate surface area is 159 Å². The smallest absolute Gasteiger partial charge is 0.253 e. The molecule has 0 N–H and O–H groups in total. The first-order valence-corrected chi connectivity index (χ1v) is 9.96. The summed E-state index contributed by atoms with van der Waals surface area (Å²) in [5, 5.41) is 0.942. The zero-order valence-corrected chi connectivity index (χ0v) is 16.6. The van der Waals surface area contributed by atoms with E-state index in [0.717, 1.165) is 42.6 Å². The Bertz CT molecular complexity index is 666. The van der Waals surface area contributed by atoms with Gasteiger partial charge in [-0.15, -0.1) is 0 Å². The molecule has 0 aliphatic heterocycles. The lowest BCUT2D eigenvalue weighted by Gasteiger charge is -2.18. The summed E-state index contributed by atoms with van der Waals surface area (Å²) in [5.74, 6) is 1.03. The highest BCUT2D eigenvalue weighted by atomic mass is 79.9. The number of carbonyl (C=O) groups is 1. The molecule has 0 spiro atoms. The SMILES string of the molecule is CCN(CC)C(=O)c1ccc(Cc2ccccc2OCCCBr)cc1. The van der Waals surface area contributed by atoms with Crippen LogP contribution < -0.4 is 4.74 Å². The van der Waals surface area contributed by atoms with Gasteiger partial charge >= 0.3 is 0 Å². The van der Waals surface area contributed by atoms with E-state index in [-0.39, 0.29) is 5.91 Å². The maximum atomic E-state index is 12.4. The normalized spacial score (nSPS) is 10.5. The van der Waals surface area contributed by atoms with Crippen molar-refractivity contribution in [3.8, 4) is 5.75 Å². The van der Waals surface area contributed by atoms with Crippen LogP contribution in [0.15, 0.2) is 48.5 Å². The number of halogens is 1. The predicted molar refractivity (Wildman–Crippen MR) is 107 cm³/mol. The molecule has 0 saturated carbocycles. The molecule has 2 aromatic rings. The van der Waals surface area contributed by atoms with E-state index >= 15 is 0 Å². The van der Waals surface area contributed by atoms with Gasteiger partial charge in [0, 0.05) is 30.4 Å². The fourth-order valence-electron chi connectivity index (χ4n) is 2.71. The summed E-state index contributed by atoms with van der Waals surface area (Å²) in [4.78, 5) is 14.2. The van der Waals surface area contributed by atoms with Gasteiger partial charge in [-0.25, -0.2) is 0 Å². The summed E-state index contributed by atoms with van der Waals surface area (Å²) in [6.45, 7) is 6.18. The minimum Gasteiger partial charge on any atom is -0.493 e. The molecule has 4 heteroatoms. The zero-order chi connectivity index (χ0) is 18.1. The molecule has 0 heterocycles. The number of para-hydroxylation sites is 1. The average molecular weight is 404 g/mol. The molecule has 0 aliphatic carbocycles. The fraction of sp³-hybridized carbons (Fsp3) is 0.381. The summed E-state index contributed by atoms with van der Waals surface area (Å²) in [7, 11) is 0. The van der Waals surface area contributed by atoms with Crippen LogP contribution in [0.5, 0.6) is 5.75 Å². The van der Waals surface area contributed by atoms with Gasteiger partial charge in [-0.3, -0.25) is 4.79 Å². The predicted octanol–water partition coefficient (Wildman–Crippen LogP) is 4.92. The van der Waals surface area contributed by atoms with E-state index in [1.807, 2.05) is 61.2 Å². The van der Waals surface area contributed by atoms with Crippen LogP contribution in [0.1, 0.15) is 41.8 Å². The molecule has 0 aliphatic rings. The molecule has 25 heavy (non-hydrogen) atoms. The number of alkyl halides is 1. The van der Waals surface area contributed by atoms with Crippen LogP contribution in [-0.4, -0.2) is 35.8 Å². The van der Waals surface area contributed by atoms with Gasteiger partial charge < -0.3 is 9.64 Å². The van der Waals surface area contributed by atoms with Crippen molar-refractivity contribution in [1.82, 2.24) is 4.90 Å². The van der Waals surface area contributed by atoms with Crippen LogP contribution in [0.3, 0.4) is 0 Å². The Balaban J connectivity index is 2.08. The van der Waals surface area contributed by atoms with Crippen LogP contribution in [0.25, 0.3) is 0 Å². The standard InChI is InChI=1S/C21H26BrNO2/c1-3-23(4-2)21(24)18-12-10-17(11-13-18)16-19-8-5-6-9-20(19)25-15-7-14-22/h5-6,8-13H,3-4,7,14-16H2,1-2H3. The van der Waals surface area contributed by atoms with Gasteiger partial charge in [-0.2, -0.15) is 0 Å². The second-order valence-corrected chi connectivity index (χ2v) is 6.64. The van der Waals surface area contributed by atoms with Gasteiger partial charge in [-0.05, 0) is 49.6 Å². The van der Waals surface area contributed by atoms with E-state index in [1.54, 1.807) is 0 Å². The van der Waals surface area contributed by atoms with Crippen molar-refractivity contribution < 1.29 is 9.53 Å². The van der Waals surface area contributed by atoms with Gasteiger partial charge in [0.1, 0.15) is 5.75 Å². The highest BCUT2D eigenvalue weighted by Gasteiger charge is 2.12. The molecule has 3 nitrogen and oxygen atoms in total. The van der Waals surface area contributed by atoms with E-state index in [2.05, 4.69) is 22.0 Å². The number of hydrogen-bond donors (Lipinski definition) is 0. The van der Waals surface area contributed by atoms with Crippen LogP contribution in [0.2, 0.25) is 0 Å². The fourth-order valence-corrected chi connectivity index (χ4v) is 2.93. The van der Waals surface area contributed by atoms with Crippen LogP contribution in [-0.2, 0) is 6.42 Å². The average Bonchev–Trinajstić information content (AvgIpc) is 2.65. The zero-order valence-electron chi connectivity index (χ0n) is 15.0. The Hall–Kier alpha value is -1.81. The first kappa shape index (κ1) is 19.5. The van der Waals surface area contributed by atoms with Crippen molar-refractivity contribution in [3.63, 3.8) is 0 Å². The first-order chi connectivity index (χ1) is 12.2. The highest BCUT2D eigenvalue weighted by Crippen LogP contribution is 2.22. The number of nitrogens with zero attached hydrogens (tertiary/aromatic N) is 1. The van der Waals surface area contributed by atoms with Gasteiger partial charge in [0.15, 0.2) is 0 Å². The lowest BCUT2D eigenvalue weighted by atomic mass is 10.0. The van der Waals surface area contributed by atoms with E-state index in [0.29, 0.717) is 6.61 Å². The highest BCUT2D eigenvalue weighted by molar-refractivity contribution is 9.09. The molecular weight excluding hydrogens is 378 g/mol. The van der Waals surface area contributed by atoms with Crippen LogP contribution in [0.4, 0.5) is 0 Å². The van der Waals surface area contributed by atoms with Gasteiger partial charge in [0.05, 0.1) is 6.61 Å². The Kier molecular flexibility index (Phi) is 7.99. The van der Waals surface area contributed by atoms with Crippen molar-refractivity contribution in [2.75, 3.05) is 25.0 Å². The van der Waals surface area contributed by atoms with Crippen molar-refractivity contribution in [2.45, 2.75) is 26.7 Å². The minimum absolute atomic E-state index is 0.0926. The molecule has 0 aromatic heterocycles. The summed E-state index contributed by atoms with van der Waals surface area (Å²) in [5.41, 5.74) is 3.09. The monoisotopic (exact) mass is 403 g/mol. The number of carbonyl (C=O) groups excluding carboxylic acids is 1. The second kappa shape index (κ2) is 10.2. The molecule has 134 valence electrons. The van der Waals surface area contributed by atoms with Gasteiger partial charge in [-0.1, -0.05) is 46.3 Å². The third-order valence-corrected chi connectivity index (χ3v) is 4.71. The minimum atomic E-state index is 0.0926. The third-order valence-electron chi connectivity index (χ3n) is 4.15. The molecule has 0 radical (unpaired) electrons. The summed E-state index contributed by atoms with van der Waals surface area (Å²) in [6.07, 6.45) is 1.78. The summed E-state index contributed by atoms with van der Waals surface area (Å²) in [6, 6.07) is 16.1. The van der Waals surface area contributed by atoms with Crippen LogP contribution >= 0.6 is 15.9 Å². The number of ether oxygens (including phenoxy) is 1. The molecule has 0 unspecified atom stereocenters. The van der Waals surface area contributed by atoms with Crippen molar-refractivity contribution in [1.29, 1.82) is 0 Å². The number of benzene rings is 2. The van der Waals surface area contributed by atoms with E-state index < -0.39 is 0 Å². The second-order valence-electron chi connectivity index (χ2n) is 5.85. The van der Waals surface area contributed by atoms with Crippen molar-refractivity contribution in [3.05, 3.63) is 65.2 Å². The lowest BCUT2D eigenvalue weighted by Crippen LogP contribution is -2.30. The molecule has 2 aromatic carbocycles. The van der Waals surface area contributed by atoms with Crippen molar-refractivity contribution in [2.24, 2.45) is 0 Å². The van der Waals surface area contributed by atoms with Gasteiger partial charge in [0.25, 0.3) is 5.91 Å². The van der Waals surface area contributed by atoms with Crippen LogP contribution in [0, 0.1) is 0 Å². The maximum absolute atomic E-state index is 12.4. The molecular formula is C21H26BrNO2. The third kappa shape index (κ3) is 5.60. The molecule has 0 fully saturated rings. The van der Waals surface area contributed by atoms with E-state index in [1.165, 1.54) is 11.1 Å². The summed E-state index contributed by atoms with van der Waals surface area (Å²) >= 11 is 3.42. The van der Waals surface area contributed by atoms with E-state index in [9.17, 15) is 4.79 Å². The summed E-state index contributed by atoms with van der Waals surface area (Å²) < 4.78 is 5.88. The maximum Gasteiger partial charge on any atom is 0.253 e. The van der Waals surface area contributed by atoms with Gasteiger partial charge in [0.2, 0.25) is 0 Å². The lowest BCUT2D eigenvalue weighted by molar-refractivity contribution is 0.0773. The Morgan fingerprint density at radius 1 is 1.04 bits per heavy atom. The van der Waals surface area contributed by atoms with E-state index in [4.69, 9.17) is 4.74 Å². The quantitative estimate of drug-likeness (QED) is 0.439. The number of rotatable bonds is 9. The number of amides is 1. The largest absolute Gasteiger partial charge is 0.493 e. The molecule has 2 rings (SSSR count). The molecule has 1 amide bonds. The topological polar surface area (TPSA) is 29.5 Å². The molecule has 0 saturated heterocycles. The Morgan fingerprint density at radius 3 is 2.36 bits per heavy atom. The molecule has 0 bridgehead atoms. The number of hydrogen-bond acceptors (Lipinski definition) is 2.